The molecule has 0 saturated carbocycles. The molecule has 0 aromatic carbocycles. The van der Waals surface area contributed by atoms with Gasteiger partial charge in [-0.05, 0) is 0 Å². The Bertz CT molecular complexity index is 136. The van der Waals surface area contributed by atoms with Crippen LogP contribution < -0.4 is 0 Å². The molecule has 0 unspecified atom stereocenters. The lowest BCUT2D eigenvalue weighted by atomic mass is 10.6. The van der Waals surface area contributed by atoms with Crippen molar-refractivity contribution in [3.05, 3.63) is 12.8 Å². The molecule has 0 aliphatic carbocycles. The molecule has 4 nitrogen and oxygen atoms in total. The fourth-order valence-electron chi connectivity index (χ4n) is 0.956. The third kappa shape index (κ3) is 4.42. The molecule has 5 heteroatoms. The molecule has 0 radical (unpaired) electrons. The van der Waals surface area contributed by atoms with E-state index in [0.717, 1.165) is 12.5 Å². The second kappa shape index (κ2) is 7.08. The van der Waals surface area contributed by atoms with E-state index < -0.39 is 8.80 Å². The van der Waals surface area contributed by atoms with Gasteiger partial charge in [-0.1, -0.05) is 19.9 Å². The molecule has 0 N–H and O–H groups in total. The first-order chi connectivity index (χ1) is 6.24. The van der Waals surface area contributed by atoms with Gasteiger partial charge in [-0.25, -0.2) is 0 Å². The Balaban J connectivity index is 3.96. The molecule has 0 aliphatic rings. The Morgan fingerprint density at radius 1 is 1.31 bits per heavy atom. The van der Waals surface area contributed by atoms with Crippen molar-refractivity contribution in [3.8, 4) is 0 Å². The van der Waals surface area contributed by atoms with Crippen molar-refractivity contribution in [2.75, 3.05) is 21.0 Å². The van der Waals surface area contributed by atoms with Crippen LogP contribution in [-0.2, 0) is 18.0 Å². The summed E-state index contributed by atoms with van der Waals surface area (Å²) in [5.74, 6) is 0. The molecule has 13 heavy (non-hydrogen) atoms. The quantitative estimate of drug-likeness (QED) is 0.262. The highest BCUT2D eigenvalue weighted by Crippen LogP contribution is 2.15. The summed E-state index contributed by atoms with van der Waals surface area (Å²) >= 11 is 0. The van der Waals surface area contributed by atoms with Crippen LogP contribution >= 0.6 is 0 Å². The van der Waals surface area contributed by atoms with Gasteiger partial charge in [0.15, 0.2) is 6.79 Å². The van der Waals surface area contributed by atoms with Crippen LogP contribution in [0.3, 0.4) is 0 Å². The summed E-state index contributed by atoms with van der Waals surface area (Å²) in [6.07, 6.45) is 2.29. The van der Waals surface area contributed by atoms with Crippen LogP contribution in [0.4, 0.5) is 0 Å². The molecule has 0 heterocycles. The van der Waals surface area contributed by atoms with Crippen LogP contribution in [0, 0.1) is 0 Å². The summed E-state index contributed by atoms with van der Waals surface area (Å²) in [6, 6.07) is 0.792. The average Bonchev–Trinajstić information content (AvgIpc) is 2.17. The predicted molar refractivity (Wildman–Crippen MR) is 52.1 cm³/mol. The topological polar surface area (TPSA) is 36.9 Å². The smallest absolute Gasteiger partial charge is 0.477 e. The second-order valence-electron chi connectivity index (χ2n) is 2.44. The molecular formula is C8H18O4Si. The number of ether oxygens (including phenoxy) is 1. The molecule has 0 aromatic heterocycles. The Morgan fingerprint density at radius 3 is 2.31 bits per heavy atom. The number of rotatable bonds is 8. The van der Waals surface area contributed by atoms with Gasteiger partial charge >= 0.3 is 8.80 Å². The monoisotopic (exact) mass is 206 g/mol. The van der Waals surface area contributed by atoms with E-state index >= 15 is 0 Å². The summed E-state index contributed by atoms with van der Waals surface area (Å²) in [5, 5.41) is 0. The van der Waals surface area contributed by atoms with E-state index in [4.69, 9.17) is 18.0 Å². The molecule has 0 rings (SSSR count). The Labute approximate surface area is 80.8 Å². The summed E-state index contributed by atoms with van der Waals surface area (Å²) in [4.78, 5) is 0. The Morgan fingerprint density at radius 2 is 1.92 bits per heavy atom. The Kier molecular flexibility index (Phi) is 6.88. The van der Waals surface area contributed by atoms with Gasteiger partial charge in [0.1, 0.15) is 0 Å². The third-order valence-corrected chi connectivity index (χ3v) is 4.56. The maximum absolute atomic E-state index is 5.41. The van der Waals surface area contributed by atoms with E-state index in [1.807, 2.05) is 0 Å². The van der Waals surface area contributed by atoms with Gasteiger partial charge in [-0.3, -0.25) is 0 Å². The van der Waals surface area contributed by atoms with Crippen molar-refractivity contribution in [2.45, 2.75) is 19.4 Å². The first-order valence-corrected chi connectivity index (χ1v) is 6.14. The van der Waals surface area contributed by atoms with Crippen LogP contribution in [0.2, 0.25) is 6.04 Å². The van der Waals surface area contributed by atoms with Crippen LogP contribution in [0.5, 0.6) is 0 Å². The van der Waals surface area contributed by atoms with E-state index in [1.165, 1.54) is 6.26 Å². The molecule has 0 aliphatic heterocycles. The van der Waals surface area contributed by atoms with E-state index in [-0.39, 0.29) is 6.79 Å². The number of hydrogen-bond acceptors (Lipinski definition) is 4. The first kappa shape index (κ1) is 12.6. The van der Waals surface area contributed by atoms with E-state index in [9.17, 15) is 0 Å². The lowest BCUT2D eigenvalue weighted by Crippen LogP contribution is -2.44. The average molecular weight is 206 g/mol. The molecule has 0 spiro atoms. The van der Waals surface area contributed by atoms with Crippen molar-refractivity contribution >= 4 is 8.80 Å². The minimum absolute atomic E-state index is 0.136. The minimum Gasteiger partial charge on any atom is -0.477 e. The maximum atomic E-state index is 5.41. The third-order valence-electron chi connectivity index (χ3n) is 1.64. The van der Waals surface area contributed by atoms with E-state index in [1.54, 1.807) is 14.2 Å². The highest BCUT2D eigenvalue weighted by molar-refractivity contribution is 6.60. The number of hydrogen-bond donors (Lipinski definition) is 0. The largest absolute Gasteiger partial charge is 0.502 e. The molecular weight excluding hydrogens is 188 g/mol. The maximum Gasteiger partial charge on any atom is 0.502 e. The van der Waals surface area contributed by atoms with Crippen LogP contribution in [0.15, 0.2) is 12.8 Å². The summed E-state index contributed by atoms with van der Waals surface area (Å²) < 4.78 is 20.8. The van der Waals surface area contributed by atoms with Gasteiger partial charge < -0.3 is 18.0 Å². The van der Waals surface area contributed by atoms with Crippen molar-refractivity contribution in [1.82, 2.24) is 0 Å². The molecule has 78 valence electrons. The lowest BCUT2D eigenvalue weighted by Gasteiger charge is -2.25. The highest BCUT2D eigenvalue weighted by atomic mass is 28.4. The van der Waals surface area contributed by atoms with Gasteiger partial charge in [0.25, 0.3) is 0 Å². The van der Waals surface area contributed by atoms with Crippen molar-refractivity contribution in [1.29, 1.82) is 0 Å². The van der Waals surface area contributed by atoms with Gasteiger partial charge in [0.05, 0.1) is 6.26 Å². The molecule has 0 aromatic rings. The van der Waals surface area contributed by atoms with Crippen LogP contribution in [0.25, 0.3) is 0 Å². The molecule has 0 bridgehead atoms. The zero-order chi connectivity index (χ0) is 10.2. The summed E-state index contributed by atoms with van der Waals surface area (Å²) in [7, 11) is 0.740. The highest BCUT2D eigenvalue weighted by Gasteiger charge is 2.37. The van der Waals surface area contributed by atoms with E-state index in [0.29, 0.717) is 0 Å². The summed E-state index contributed by atoms with van der Waals surface area (Å²) in [5.41, 5.74) is 0. The molecule has 0 amide bonds. The van der Waals surface area contributed by atoms with Crippen LogP contribution in [-0.4, -0.2) is 29.8 Å². The van der Waals surface area contributed by atoms with Gasteiger partial charge in [0, 0.05) is 20.3 Å². The van der Waals surface area contributed by atoms with E-state index in [2.05, 4.69) is 13.5 Å². The van der Waals surface area contributed by atoms with Crippen LogP contribution in [0.1, 0.15) is 13.3 Å². The van der Waals surface area contributed by atoms with Gasteiger partial charge in [-0.2, -0.15) is 0 Å². The molecule has 0 atom stereocenters. The first-order valence-electron chi connectivity index (χ1n) is 4.21. The zero-order valence-corrected chi connectivity index (χ0v) is 9.54. The fraction of sp³-hybridized carbons (Fsp3) is 0.750. The zero-order valence-electron chi connectivity index (χ0n) is 8.54. The normalized spacial score (nSPS) is 11.3. The Hall–Kier alpha value is -0.363. The predicted octanol–water partition coefficient (Wildman–Crippen LogP) is 1.76. The molecule has 0 fully saturated rings. The minimum atomic E-state index is -2.45. The van der Waals surface area contributed by atoms with Crippen molar-refractivity contribution in [2.24, 2.45) is 0 Å². The van der Waals surface area contributed by atoms with Gasteiger partial charge in [0.2, 0.25) is 0 Å². The molecule has 0 saturated heterocycles. The van der Waals surface area contributed by atoms with Crippen molar-refractivity contribution < 1.29 is 18.0 Å². The summed E-state index contributed by atoms with van der Waals surface area (Å²) in [6.45, 7) is 5.60. The fourth-order valence-corrected chi connectivity index (χ4v) is 2.77. The lowest BCUT2D eigenvalue weighted by molar-refractivity contribution is 0.00651. The SMILES string of the molecule is C=COCO[Si](CCC)(OC)OC. The standard InChI is InChI=1S/C8H18O4Si/c1-5-7-13(9-3,10-4)12-8-11-6-2/h6H,2,5,7-8H2,1,3-4H3. The van der Waals surface area contributed by atoms with Crippen molar-refractivity contribution in [3.63, 3.8) is 0 Å². The van der Waals surface area contributed by atoms with Gasteiger partial charge in [-0.15, -0.1) is 0 Å². The second-order valence-corrected chi connectivity index (χ2v) is 5.41.